The molecule has 0 fully saturated rings. The van der Waals surface area contributed by atoms with Crippen LogP contribution in [0.2, 0.25) is 0 Å². The van der Waals surface area contributed by atoms with Crippen LogP contribution in [-0.4, -0.2) is 4.98 Å². The summed E-state index contributed by atoms with van der Waals surface area (Å²) >= 11 is 1.45. The molecule has 118 valence electrons. The number of thioether (sulfide) groups is 1. The molecule has 24 heavy (non-hydrogen) atoms. The number of hydrogen-bond acceptors (Lipinski definition) is 5. The zero-order valence-corrected chi connectivity index (χ0v) is 14.1. The molecule has 2 rings (SSSR count). The van der Waals surface area contributed by atoms with E-state index >= 15 is 0 Å². The molecule has 0 N–H and O–H groups in total. The van der Waals surface area contributed by atoms with Crippen LogP contribution in [0.3, 0.4) is 0 Å². The molecule has 0 aliphatic carbocycles. The number of aromatic nitrogens is 1. The molecule has 2 unspecified atom stereocenters. The Balaban J connectivity index is 2.46. The molecule has 2 aromatic rings. The molecule has 5 heteroatoms. The second-order valence-corrected chi connectivity index (χ2v) is 6.36. The van der Waals surface area contributed by atoms with Gasteiger partial charge in [0.25, 0.3) is 0 Å². The summed E-state index contributed by atoms with van der Waals surface area (Å²) in [5.74, 6) is -0.858. The average Bonchev–Trinajstić information content (AvgIpc) is 2.65. The largest absolute Gasteiger partial charge is 0.249 e. The van der Waals surface area contributed by atoms with Crippen LogP contribution in [0.1, 0.15) is 29.7 Å². The van der Waals surface area contributed by atoms with Gasteiger partial charge in [-0.05, 0) is 24.1 Å². The van der Waals surface area contributed by atoms with Crippen molar-refractivity contribution in [3.05, 3.63) is 59.8 Å². The Morgan fingerprint density at radius 2 is 1.75 bits per heavy atom. The minimum absolute atomic E-state index is 0.123. The molecule has 0 bridgehead atoms. The topological polar surface area (TPSA) is 84.3 Å². The maximum Gasteiger partial charge on any atom is 0.137 e. The van der Waals surface area contributed by atoms with Crippen molar-refractivity contribution in [2.75, 3.05) is 0 Å². The second-order valence-electron chi connectivity index (χ2n) is 5.23. The van der Waals surface area contributed by atoms with E-state index in [4.69, 9.17) is 0 Å². The zero-order chi connectivity index (χ0) is 17.4. The number of hydrogen-bond donors (Lipinski definition) is 0. The van der Waals surface area contributed by atoms with Gasteiger partial charge in [0.15, 0.2) is 0 Å². The van der Waals surface area contributed by atoms with E-state index in [9.17, 15) is 15.8 Å². The SMILES string of the molecule is CCC(C(C#N)C#N)C(Sc1ncccc1C#N)c1ccccc1. The normalized spacial score (nSPS) is 12.6. The summed E-state index contributed by atoms with van der Waals surface area (Å²) in [5, 5.41) is 28.5. The molecule has 0 aliphatic heterocycles. The number of rotatable bonds is 6. The third kappa shape index (κ3) is 3.93. The Morgan fingerprint density at radius 3 is 2.33 bits per heavy atom. The molecule has 1 heterocycles. The van der Waals surface area contributed by atoms with Crippen LogP contribution in [-0.2, 0) is 0 Å². The fourth-order valence-electron chi connectivity index (χ4n) is 2.58. The van der Waals surface area contributed by atoms with Gasteiger partial charge in [0.05, 0.1) is 17.7 Å². The van der Waals surface area contributed by atoms with E-state index in [1.807, 2.05) is 37.3 Å². The number of nitrogens with zero attached hydrogens (tertiary/aromatic N) is 4. The average molecular weight is 332 g/mol. The van der Waals surface area contributed by atoms with Gasteiger partial charge in [-0.2, -0.15) is 15.8 Å². The van der Waals surface area contributed by atoms with Gasteiger partial charge < -0.3 is 0 Å². The Hall–Kier alpha value is -2.81. The van der Waals surface area contributed by atoms with Gasteiger partial charge in [0.1, 0.15) is 17.0 Å². The number of pyridine rings is 1. The predicted molar refractivity (Wildman–Crippen MR) is 92.5 cm³/mol. The predicted octanol–water partition coefficient (Wildman–Crippen LogP) is 4.48. The lowest BCUT2D eigenvalue weighted by atomic mass is 9.86. The van der Waals surface area contributed by atoms with Crippen LogP contribution in [0.15, 0.2) is 53.7 Å². The smallest absolute Gasteiger partial charge is 0.137 e. The summed E-state index contributed by atoms with van der Waals surface area (Å²) < 4.78 is 0. The molecule has 4 nitrogen and oxygen atoms in total. The monoisotopic (exact) mass is 332 g/mol. The molecule has 0 spiro atoms. The lowest BCUT2D eigenvalue weighted by Crippen LogP contribution is -2.18. The van der Waals surface area contributed by atoms with Crippen molar-refractivity contribution in [2.45, 2.75) is 23.6 Å². The van der Waals surface area contributed by atoms with Gasteiger partial charge >= 0.3 is 0 Å². The summed E-state index contributed by atoms with van der Waals surface area (Å²) in [6.45, 7) is 1.98. The summed E-state index contributed by atoms with van der Waals surface area (Å²) in [6.07, 6.45) is 2.34. The van der Waals surface area contributed by atoms with E-state index in [-0.39, 0.29) is 11.2 Å². The van der Waals surface area contributed by atoms with Crippen LogP contribution in [0.25, 0.3) is 0 Å². The first kappa shape index (κ1) is 17.5. The fourth-order valence-corrected chi connectivity index (χ4v) is 4.00. The lowest BCUT2D eigenvalue weighted by Gasteiger charge is -2.26. The zero-order valence-electron chi connectivity index (χ0n) is 13.3. The minimum Gasteiger partial charge on any atom is -0.249 e. The van der Waals surface area contributed by atoms with Crippen molar-refractivity contribution < 1.29 is 0 Å². The minimum atomic E-state index is -0.707. The van der Waals surface area contributed by atoms with Gasteiger partial charge in [-0.1, -0.05) is 49.0 Å². The fraction of sp³-hybridized carbons (Fsp3) is 0.263. The van der Waals surface area contributed by atoms with Gasteiger partial charge in [-0.3, -0.25) is 0 Å². The first-order valence-electron chi connectivity index (χ1n) is 7.61. The summed E-state index contributed by atoms with van der Waals surface area (Å²) in [4.78, 5) is 4.32. The van der Waals surface area contributed by atoms with Crippen LogP contribution >= 0.6 is 11.8 Å². The quantitative estimate of drug-likeness (QED) is 0.728. The standard InChI is InChI=1S/C19H16N4S/c1-2-17(16(12-21)13-22)18(14-7-4-3-5-8-14)24-19-15(11-20)9-6-10-23-19/h3-10,16-18H,2H2,1H3. The van der Waals surface area contributed by atoms with Crippen LogP contribution in [0.4, 0.5) is 0 Å². The van der Waals surface area contributed by atoms with Crippen molar-refractivity contribution in [3.63, 3.8) is 0 Å². The second kappa shape index (κ2) is 8.73. The highest BCUT2D eigenvalue weighted by Crippen LogP contribution is 2.44. The summed E-state index contributed by atoms with van der Waals surface area (Å²) in [7, 11) is 0. The van der Waals surface area contributed by atoms with Crippen molar-refractivity contribution in [3.8, 4) is 18.2 Å². The van der Waals surface area contributed by atoms with E-state index < -0.39 is 5.92 Å². The van der Waals surface area contributed by atoms with E-state index in [1.54, 1.807) is 18.3 Å². The third-order valence-corrected chi connectivity index (χ3v) is 5.25. The first-order valence-corrected chi connectivity index (χ1v) is 8.49. The molecule has 0 amide bonds. The maximum absolute atomic E-state index is 9.34. The molecule has 0 aliphatic rings. The molecular weight excluding hydrogens is 316 g/mol. The number of benzene rings is 1. The molecule has 1 aromatic carbocycles. The van der Waals surface area contributed by atoms with Gasteiger partial charge in [0, 0.05) is 17.4 Å². The molecular formula is C19H16N4S. The first-order chi connectivity index (χ1) is 11.7. The summed E-state index contributed by atoms with van der Waals surface area (Å²) in [6, 6.07) is 19.6. The van der Waals surface area contributed by atoms with Crippen LogP contribution in [0, 0.1) is 45.8 Å². The lowest BCUT2D eigenvalue weighted by molar-refractivity contribution is 0.442. The maximum atomic E-state index is 9.34. The van der Waals surface area contributed by atoms with Crippen molar-refractivity contribution in [1.29, 1.82) is 15.8 Å². The summed E-state index contributed by atoms with van der Waals surface area (Å²) in [5.41, 5.74) is 1.53. The van der Waals surface area contributed by atoms with Gasteiger partial charge in [-0.15, -0.1) is 0 Å². The van der Waals surface area contributed by atoms with Crippen molar-refractivity contribution in [1.82, 2.24) is 4.98 Å². The Kier molecular flexibility index (Phi) is 6.38. The van der Waals surface area contributed by atoms with E-state index in [0.717, 1.165) is 5.56 Å². The van der Waals surface area contributed by atoms with E-state index in [2.05, 4.69) is 23.2 Å². The van der Waals surface area contributed by atoms with Gasteiger partial charge in [-0.25, -0.2) is 4.98 Å². The highest BCUT2D eigenvalue weighted by Gasteiger charge is 2.31. The molecule has 0 saturated heterocycles. The molecule has 2 atom stereocenters. The van der Waals surface area contributed by atoms with Crippen molar-refractivity contribution >= 4 is 11.8 Å². The van der Waals surface area contributed by atoms with Crippen LogP contribution in [0.5, 0.6) is 0 Å². The number of nitriles is 3. The highest BCUT2D eigenvalue weighted by molar-refractivity contribution is 7.99. The Bertz CT molecular complexity index is 785. The van der Waals surface area contributed by atoms with Crippen LogP contribution < -0.4 is 0 Å². The Morgan fingerprint density at radius 1 is 1.04 bits per heavy atom. The van der Waals surface area contributed by atoms with Gasteiger partial charge in [0.2, 0.25) is 0 Å². The molecule has 1 aromatic heterocycles. The van der Waals surface area contributed by atoms with E-state index in [0.29, 0.717) is 17.0 Å². The van der Waals surface area contributed by atoms with E-state index in [1.165, 1.54) is 11.8 Å². The molecule has 0 saturated carbocycles. The third-order valence-electron chi connectivity index (χ3n) is 3.82. The van der Waals surface area contributed by atoms with Crippen molar-refractivity contribution in [2.24, 2.45) is 11.8 Å². The Labute approximate surface area is 146 Å². The highest BCUT2D eigenvalue weighted by atomic mass is 32.2. The molecule has 0 radical (unpaired) electrons.